The van der Waals surface area contributed by atoms with Crippen molar-refractivity contribution in [3.05, 3.63) is 66.7 Å². The predicted molar refractivity (Wildman–Crippen MR) is 145 cm³/mol. The third-order valence-electron chi connectivity index (χ3n) is 7.69. The lowest BCUT2D eigenvalue weighted by Gasteiger charge is -2.30. The van der Waals surface area contributed by atoms with Gasteiger partial charge in [0.15, 0.2) is 0 Å². The molecule has 4 aromatic rings. The van der Waals surface area contributed by atoms with Gasteiger partial charge in [0.25, 0.3) is 0 Å². The fraction of sp³-hybridized carbons (Fsp3) is 0.367. The van der Waals surface area contributed by atoms with Crippen LogP contribution >= 0.6 is 0 Å². The molecule has 2 saturated carbocycles. The number of anilines is 1. The minimum Gasteiger partial charge on any atom is -0.492 e. The van der Waals surface area contributed by atoms with E-state index in [0.717, 1.165) is 53.6 Å². The van der Waals surface area contributed by atoms with Crippen LogP contribution in [0.25, 0.3) is 22.2 Å². The summed E-state index contributed by atoms with van der Waals surface area (Å²) in [6, 6.07) is 16.5. The number of benzene rings is 2. The van der Waals surface area contributed by atoms with Gasteiger partial charge in [0.1, 0.15) is 24.5 Å². The number of amides is 1. The Balaban J connectivity index is 1.27. The first-order valence-corrected chi connectivity index (χ1v) is 13.4. The van der Waals surface area contributed by atoms with Crippen molar-refractivity contribution in [2.75, 3.05) is 11.9 Å². The summed E-state index contributed by atoms with van der Waals surface area (Å²) in [6.07, 6.45) is 10.5. The molecule has 2 aliphatic rings. The highest BCUT2D eigenvalue weighted by Crippen LogP contribution is 2.43. The number of carbonyl (C=O) groups excluding carboxylic acids is 1. The van der Waals surface area contributed by atoms with Crippen LogP contribution in [0.1, 0.15) is 50.6 Å². The number of aromatic nitrogens is 3. The molecule has 1 atom stereocenters. The van der Waals surface area contributed by atoms with Gasteiger partial charge in [0, 0.05) is 29.5 Å². The molecule has 2 aromatic heterocycles. The number of fused-ring (bicyclic) bond motifs is 1. The maximum Gasteiger partial charge on any atom is 0.411 e. The van der Waals surface area contributed by atoms with Crippen LogP contribution in [-0.4, -0.2) is 32.9 Å². The van der Waals surface area contributed by atoms with E-state index in [1.807, 2.05) is 54.1 Å². The van der Waals surface area contributed by atoms with Crippen molar-refractivity contribution >= 4 is 22.7 Å². The summed E-state index contributed by atoms with van der Waals surface area (Å²) in [4.78, 5) is 16.4. The fourth-order valence-corrected chi connectivity index (χ4v) is 5.18. The quantitative estimate of drug-likeness (QED) is 0.277. The third kappa shape index (κ3) is 4.84. The van der Waals surface area contributed by atoms with Gasteiger partial charge in [-0.2, -0.15) is 5.26 Å². The highest BCUT2D eigenvalue weighted by Gasteiger charge is 2.31. The number of carbonyl (C=O) groups is 1. The number of imidazole rings is 1. The Morgan fingerprint density at radius 1 is 1.18 bits per heavy atom. The van der Waals surface area contributed by atoms with Crippen LogP contribution in [0.4, 0.5) is 10.5 Å². The molecular formula is C30H31N5O3. The Morgan fingerprint density at radius 2 is 2.00 bits per heavy atom. The molecule has 8 heteroatoms. The Labute approximate surface area is 221 Å². The number of ether oxygens (including phenoxy) is 2. The summed E-state index contributed by atoms with van der Waals surface area (Å²) in [5, 5.41) is 14.0. The lowest BCUT2D eigenvalue weighted by molar-refractivity contribution is 0.108. The molecular weight excluding hydrogens is 478 g/mol. The van der Waals surface area contributed by atoms with E-state index in [9.17, 15) is 10.1 Å². The molecule has 1 N–H and O–H groups in total. The molecule has 2 aromatic carbocycles. The predicted octanol–water partition coefficient (Wildman–Crippen LogP) is 6.53. The van der Waals surface area contributed by atoms with Gasteiger partial charge in [0.2, 0.25) is 0 Å². The van der Waals surface area contributed by atoms with E-state index in [1.54, 1.807) is 12.5 Å². The van der Waals surface area contributed by atoms with Crippen molar-refractivity contribution in [3.63, 3.8) is 0 Å². The highest BCUT2D eigenvalue weighted by atomic mass is 16.6. The molecule has 0 spiro atoms. The molecule has 0 radical (unpaired) electrons. The van der Waals surface area contributed by atoms with Crippen molar-refractivity contribution in [3.8, 4) is 23.1 Å². The second-order valence-electron chi connectivity index (χ2n) is 10.3. The standard InChI is InChI=1S/C30H31N5O3/c1-20(21-5-6-21)38-30(36)33-23-9-7-22(8-10-23)29-27(18-31)26-17-25(37-16-15-34-14-13-32-19-34)11-12-28(26)35(29)24-3-2-4-24/h7-14,17,19-21,24H,2-6,15-16H2,1H3,(H,33,36)/t20-/m1/s1. The van der Waals surface area contributed by atoms with Crippen molar-refractivity contribution < 1.29 is 14.3 Å². The largest absolute Gasteiger partial charge is 0.492 e. The Hall–Kier alpha value is -4.25. The maximum atomic E-state index is 12.3. The van der Waals surface area contributed by atoms with Gasteiger partial charge >= 0.3 is 6.09 Å². The van der Waals surface area contributed by atoms with Gasteiger partial charge in [0.05, 0.1) is 29.6 Å². The number of nitrogens with zero attached hydrogens (tertiary/aromatic N) is 4. The molecule has 38 heavy (non-hydrogen) atoms. The first kappa shape index (κ1) is 24.1. The van der Waals surface area contributed by atoms with Crippen molar-refractivity contribution in [1.29, 1.82) is 5.26 Å². The van der Waals surface area contributed by atoms with Crippen LogP contribution in [0.3, 0.4) is 0 Å². The van der Waals surface area contributed by atoms with Gasteiger partial charge in [-0.15, -0.1) is 0 Å². The molecule has 0 aliphatic heterocycles. The van der Waals surface area contributed by atoms with E-state index in [1.165, 1.54) is 6.42 Å². The van der Waals surface area contributed by atoms with Crippen LogP contribution in [0, 0.1) is 17.2 Å². The van der Waals surface area contributed by atoms with Crippen molar-refractivity contribution in [1.82, 2.24) is 14.1 Å². The van der Waals surface area contributed by atoms with E-state index in [0.29, 0.717) is 36.4 Å². The zero-order valence-electron chi connectivity index (χ0n) is 21.5. The molecule has 1 amide bonds. The van der Waals surface area contributed by atoms with Gasteiger partial charge in [-0.1, -0.05) is 12.1 Å². The minimum atomic E-state index is -0.431. The number of hydrogen-bond donors (Lipinski definition) is 1. The van der Waals surface area contributed by atoms with E-state index < -0.39 is 6.09 Å². The summed E-state index contributed by atoms with van der Waals surface area (Å²) in [5.74, 6) is 1.23. The first-order valence-electron chi connectivity index (χ1n) is 13.4. The summed E-state index contributed by atoms with van der Waals surface area (Å²) < 4.78 is 15.8. The van der Waals surface area contributed by atoms with Crippen LogP contribution < -0.4 is 10.1 Å². The highest BCUT2D eigenvalue weighted by molar-refractivity contribution is 5.96. The Morgan fingerprint density at radius 3 is 2.66 bits per heavy atom. The topological polar surface area (TPSA) is 94.1 Å². The molecule has 2 heterocycles. The molecule has 2 fully saturated rings. The van der Waals surface area contributed by atoms with E-state index in [2.05, 4.69) is 27.0 Å². The van der Waals surface area contributed by atoms with Crippen molar-refractivity contribution in [2.24, 2.45) is 5.92 Å². The molecule has 0 saturated heterocycles. The van der Waals surface area contributed by atoms with E-state index >= 15 is 0 Å². The average molecular weight is 510 g/mol. The summed E-state index contributed by atoms with van der Waals surface area (Å²) >= 11 is 0. The summed E-state index contributed by atoms with van der Waals surface area (Å²) in [5.41, 5.74) is 4.21. The number of nitrogens with one attached hydrogen (secondary N) is 1. The second-order valence-corrected chi connectivity index (χ2v) is 10.3. The first-order chi connectivity index (χ1) is 18.6. The Kier molecular flexibility index (Phi) is 6.50. The molecule has 0 bridgehead atoms. The monoisotopic (exact) mass is 509 g/mol. The smallest absolute Gasteiger partial charge is 0.411 e. The van der Waals surface area contributed by atoms with Gasteiger partial charge in [-0.3, -0.25) is 5.32 Å². The number of hydrogen-bond acceptors (Lipinski definition) is 5. The molecule has 8 nitrogen and oxygen atoms in total. The lowest BCUT2D eigenvalue weighted by Crippen LogP contribution is -2.21. The van der Waals surface area contributed by atoms with Gasteiger partial charge in [-0.25, -0.2) is 9.78 Å². The maximum absolute atomic E-state index is 12.3. The summed E-state index contributed by atoms with van der Waals surface area (Å²) in [7, 11) is 0. The number of nitriles is 1. The SMILES string of the molecule is C[C@@H](OC(=O)Nc1ccc(-c2c(C#N)c3cc(OCCn4ccnc4)ccc3n2C2CCC2)cc1)C1CC1. The molecule has 2 aliphatic carbocycles. The Bertz CT molecular complexity index is 1480. The molecule has 0 unspecified atom stereocenters. The van der Waals surface area contributed by atoms with Gasteiger partial charge in [-0.05, 0) is 80.8 Å². The zero-order valence-corrected chi connectivity index (χ0v) is 21.5. The van der Waals surface area contributed by atoms with Crippen LogP contribution in [0.2, 0.25) is 0 Å². The number of rotatable bonds is 9. The fourth-order valence-electron chi connectivity index (χ4n) is 5.18. The van der Waals surface area contributed by atoms with Crippen LogP contribution in [-0.2, 0) is 11.3 Å². The molecule has 6 rings (SSSR count). The van der Waals surface area contributed by atoms with Crippen LogP contribution in [0.5, 0.6) is 5.75 Å². The minimum absolute atomic E-state index is 0.0644. The third-order valence-corrected chi connectivity index (χ3v) is 7.69. The second kappa shape index (κ2) is 10.3. The zero-order chi connectivity index (χ0) is 26.1. The normalized spacial score (nSPS) is 16.0. The average Bonchev–Trinajstić information content (AvgIpc) is 3.53. The van der Waals surface area contributed by atoms with E-state index in [-0.39, 0.29) is 6.10 Å². The molecule has 194 valence electrons. The van der Waals surface area contributed by atoms with Crippen LogP contribution in [0.15, 0.2) is 61.2 Å². The van der Waals surface area contributed by atoms with Gasteiger partial charge < -0.3 is 18.6 Å². The summed E-state index contributed by atoms with van der Waals surface area (Å²) in [6.45, 7) is 3.15. The van der Waals surface area contributed by atoms with E-state index in [4.69, 9.17) is 9.47 Å². The lowest BCUT2D eigenvalue weighted by atomic mass is 9.92. The van der Waals surface area contributed by atoms with Crippen molar-refractivity contribution in [2.45, 2.75) is 57.7 Å².